The summed E-state index contributed by atoms with van der Waals surface area (Å²) in [7, 11) is 0. The van der Waals surface area contributed by atoms with E-state index in [9.17, 15) is 22.8 Å². The van der Waals surface area contributed by atoms with E-state index in [4.69, 9.17) is 13.3 Å². The summed E-state index contributed by atoms with van der Waals surface area (Å²) in [5.41, 5.74) is -3.64. The number of hydrogen-bond donors (Lipinski definition) is 0. The number of fused-ring (bicyclic) bond motifs is 3. The fraction of sp³-hybridized carbons (Fsp3) is 0.500. The Hall–Kier alpha value is -2.36. The normalized spacial score (nSPS) is 14.6. The molecule has 0 atom stereocenters. The van der Waals surface area contributed by atoms with Crippen LogP contribution in [0.25, 0.3) is 11.0 Å². The van der Waals surface area contributed by atoms with Gasteiger partial charge in [-0.3, -0.25) is 0 Å². The molecule has 1 aliphatic heterocycles. The Labute approximate surface area is 175 Å². The molecule has 10 heteroatoms. The standard InChI is InChI=1S/C20H22F3NO5S/c1-10-8-14(29-30-20(21,22)23)11(2)16-15(10)12-6-7-24(9-13(12)17(25)27-16)18(26)28-19(3,4)5/h8H,6-7,9H2,1-5H3. The Kier molecular flexibility index (Phi) is 5.74. The molecule has 3 rings (SSSR count). The van der Waals surface area contributed by atoms with Crippen molar-refractivity contribution in [2.45, 2.75) is 58.7 Å². The number of benzene rings is 1. The van der Waals surface area contributed by atoms with Gasteiger partial charge in [0.2, 0.25) is 0 Å². The van der Waals surface area contributed by atoms with E-state index in [1.165, 1.54) is 11.0 Å². The molecular weight excluding hydrogens is 423 g/mol. The number of halogens is 3. The second-order valence-corrected chi connectivity index (χ2v) is 8.93. The summed E-state index contributed by atoms with van der Waals surface area (Å²) >= 11 is -0.619. The number of aryl methyl sites for hydroxylation is 2. The first-order chi connectivity index (χ1) is 13.8. The maximum atomic E-state index is 12.7. The molecule has 0 bridgehead atoms. The number of rotatable bonds is 2. The Bertz CT molecular complexity index is 1060. The van der Waals surface area contributed by atoms with Gasteiger partial charge in [-0.25, -0.2) is 9.59 Å². The summed E-state index contributed by atoms with van der Waals surface area (Å²) in [5.74, 6) is -0.0170. The van der Waals surface area contributed by atoms with Crippen LogP contribution in [-0.2, 0) is 17.7 Å². The molecule has 0 aliphatic carbocycles. The van der Waals surface area contributed by atoms with Crippen LogP contribution in [0.4, 0.5) is 18.0 Å². The minimum atomic E-state index is -4.56. The van der Waals surface area contributed by atoms with Gasteiger partial charge < -0.3 is 18.2 Å². The fourth-order valence-corrected chi connectivity index (χ4v) is 3.76. The zero-order valence-corrected chi connectivity index (χ0v) is 18.0. The van der Waals surface area contributed by atoms with E-state index in [1.54, 1.807) is 34.6 Å². The Morgan fingerprint density at radius 3 is 2.47 bits per heavy atom. The molecule has 1 aromatic carbocycles. The number of carbonyl (C=O) groups excluding carboxylic acids is 1. The van der Waals surface area contributed by atoms with Crippen molar-refractivity contribution >= 4 is 29.1 Å². The molecule has 2 aromatic rings. The van der Waals surface area contributed by atoms with Gasteiger partial charge in [0.05, 0.1) is 12.1 Å². The van der Waals surface area contributed by atoms with Gasteiger partial charge >= 0.3 is 17.2 Å². The average Bonchev–Trinajstić information content (AvgIpc) is 2.61. The molecule has 1 amide bonds. The Balaban J connectivity index is 2.01. The van der Waals surface area contributed by atoms with Gasteiger partial charge in [-0.2, -0.15) is 13.2 Å². The van der Waals surface area contributed by atoms with Gasteiger partial charge in [0.25, 0.3) is 0 Å². The molecule has 2 heterocycles. The fourth-order valence-electron chi connectivity index (χ4n) is 3.40. The van der Waals surface area contributed by atoms with Gasteiger partial charge in [0.1, 0.15) is 16.9 Å². The maximum absolute atomic E-state index is 12.7. The largest absolute Gasteiger partial charge is 0.479 e. The van der Waals surface area contributed by atoms with Crippen molar-refractivity contribution in [3.8, 4) is 5.75 Å². The summed E-state index contributed by atoms with van der Waals surface area (Å²) < 4.78 is 53.2. The molecule has 0 saturated heterocycles. The van der Waals surface area contributed by atoms with Crippen LogP contribution in [0.5, 0.6) is 5.75 Å². The first-order valence-corrected chi connectivity index (χ1v) is 10.00. The van der Waals surface area contributed by atoms with Crippen molar-refractivity contribution in [2.75, 3.05) is 6.54 Å². The second kappa shape index (κ2) is 7.72. The number of hydrogen-bond acceptors (Lipinski definition) is 6. The van der Waals surface area contributed by atoms with Crippen molar-refractivity contribution < 1.29 is 31.3 Å². The molecule has 30 heavy (non-hydrogen) atoms. The van der Waals surface area contributed by atoms with Gasteiger partial charge in [0.15, 0.2) is 12.0 Å². The number of amides is 1. The van der Waals surface area contributed by atoms with E-state index in [0.29, 0.717) is 35.0 Å². The van der Waals surface area contributed by atoms with E-state index in [2.05, 4.69) is 0 Å². The van der Waals surface area contributed by atoms with Crippen LogP contribution in [0.1, 0.15) is 43.0 Å². The Morgan fingerprint density at radius 1 is 1.20 bits per heavy atom. The van der Waals surface area contributed by atoms with Crippen molar-refractivity contribution in [2.24, 2.45) is 0 Å². The first kappa shape index (κ1) is 22.3. The first-order valence-electron chi connectivity index (χ1n) is 9.26. The van der Waals surface area contributed by atoms with Crippen LogP contribution < -0.4 is 9.81 Å². The van der Waals surface area contributed by atoms with Crippen molar-refractivity contribution in [3.05, 3.63) is 38.7 Å². The topological polar surface area (TPSA) is 69.0 Å². The third-order valence-corrected chi connectivity index (χ3v) is 5.10. The number of nitrogens with zero attached hydrogens (tertiary/aromatic N) is 1. The van der Waals surface area contributed by atoms with Crippen molar-refractivity contribution in [1.82, 2.24) is 4.90 Å². The van der Waals surface area contributed by atoms with E-state index in [0.717, 1.165) is 5.56 Å². The van der Waals surface area contributed by atoms with Gasteiger partial charge in [-0.05, 0) is 58.2 Å². The summed E-state index contributed by atoms with van der Waals surface area (Å²) in [6.45, 7) is 8.92. The highest BCUT2D eigenvalue weighted by molar-refractivity contribution is 7.95. The molecular formula is C20H22F3NO5S. The smallest absolute Gasteiger partial charge is 0.444 e. The van der Waals surface area contributed by atoms with Gasteiger partial charge in [-0.1, -0.05) is 0 Å². The summed E-state index contributed by atoms with van der Waals surface area (Å²) in [6.07, 6.45) is -0.123. The molecule has 0 N–H and O–H groups in total. The van der Waals surface area contributed by atoms with Crippen LogP contribution in [-0.4, -0.2) is 28.6 Å². The lowest BCUT2D eigenvalue weighted by Gasteiger charge is -2.31. The van der Waals surface area contributed by atoms with Crippen LogP contribution in [0, 0.1) is 13.8 Å². The summed E-state index contributed by atoms with van der Waals surface area (Å²) in [4.78, 5) is 26.5. The molecule has 0 fully saturated rings. The van der Waals surface area contributed by atoms with Crippen LogP contribution in [0.15, 0.2) is 15.3 Å². The van der Waals surface area contributed by atoms with Crippen LogP contribution in [0.2, 0.25) is 0 Å². The van der Waals surface area contributed by atoms with Crippen LogP contribution in [0.3, 0.4) is 0 Å². The maximum Gasteiger partial charge on any atom is 0.479 e. The number of carbonyl (C=O) groups is 1. The van der Waals surface area contributed by atoms with E-state index < -0.39 is 34.9 Å². The van der Waals surface area contributed by atoms with Gasteiger partial charge in [-0.15, -0.1) is 0 Å². The summed E-state index contributed by atoms with van der Waals surface area (Å²) in [5, 5.41) is 0.662. The molecule has 0 radical (unpaired) electrons. The monoisotopic (exact) mass is 445 g/mol. The average molecular weight is 445 g/mol. The Morgan fingerprint density at radius 2 is 1.87 bits per heavy atom. The molecule has 1 aliphatic rings. The highest BCUT2D eigenvalue weighted by Crippen LogP contribution is 2.39. The van der Waals surface area contributed by atoms with Crippen LogP contribution >= 0.6 is 12.0 Å². The van der Waals surface area contributed by atoms with E-state index in [-0.39, 0.29) is 17.9 Å². The van der Waals surface area contributed by atoms with Crippen molar-refractivity contribution in [1.29, 1.82) is 0 Å². The summed E-state index contributed by atoms with van der Waals surface area (Å²) in [6, 6.07) is 1.50. The SMILES string of the molecule is Cc1c(OSC(F)(F)F)cc(C)c2c3c(c(=O)oc12)CN(C(=O)OC(C)(C)C)CC3. The van der Waals surface area contributed by atoms with E-state index >= 15 is 0 Å². The molecule has 164 valence electrons. The predicted octanol–water partition coefficient (Wildman–Crippen LogP) is 5.25. The zero-order valence-electron chi connectivity index (χ0n) is 17.2. The molecule has 0 spiro atoms. The highest BCUT2D eigenvalue weighted by Gasteiger charge is 2.33. The number of ether oxygens (including phenoxy) is 1. The molecule has 6 nitrogen and oxygen atoms in total. The molecule has 0 unspecified atom stereocenters. The lowest BCUT2D eigenvalue weighted by Crippen LogP contribution is -2.41. The second-order valence-electron chi connectivity index (χ2n) is 8.13. The molecule has 1 aromatic heterocycles. The van der Waals surface area contributed by atoms with Crippen molar-refractivity contribution in [3.63, 3.8) is 0 Å². The minimum absolute atomic E-state index is 0.0170. The lowest BCUT2D eigenvalue weighted by molar-refractivity contribution is -0.0370. The lowest BCUT2D eigenvalue weighted by atomic mass is 9.93. The highest BCUT2D eigenvalue weighted by atomic mass is 32.2. The van der Waals surface area contributed by atoms with Gasteiger partial charge in [0, 0.05) is 17.5 Å². The third-order valence-electron chi connectivity index (χ3n) is 4.64. The van der Waals surface area contributed by atoms with E-state index in [1.807, 2.05) is 0 Å². The number of alkyl halides is 3. The minimum Gasteiger partial charge on any atom is -0.444 e. The zero-order chi connectivity index (χ0) is 22.4. The third kappa shape index (κ3) is 4.69. The molecule has 0 saturated carbocycles. The quantitative estimate of drug-likeness (QED) is 0.465. The predicted molar refractivity (Wildman–Crippen MR) is 107 cm³/mol.